The average molecular weight is 187 g/mol. The van der Waals surface area contributed by atoms with E-state index in [9.17, 15) is 0 Å². The molecule has 1 heterocycles. The summed E-state index contributed by atoms with van der Waals surface area (Å²) in [6.07, 6.45) is 0. The van der Waals surface area contributed by atoms with Crippen molar-refractivity contribution in [2.45, 2.75) is 20.8 Å². The first-order valence-corrected chi connectivity index (χ1v) is 5.48. The Morgan fingerprint density at radius 1 is 1.08 bits per heavy atom. The highest BCUT2D eigenvalue weighted by Crippen LogP contribution is 1.88. The van der Waals surface area contributed by atoms with Crippen molar-refractivity contribution in [3.63, 3.8) is 0 Å². The lowest BCUT2D eigenvalue weighted by atomic mass is 10.4. The number of nitrogens with one attached hydrogen (secondary N) is 2. The van der Waals surface area contributed by atoms with Gasteiger partial charge in [0.15, 0.2) is 0 Å². The van der Waals surface area contributed by atoms with Gasteiger partial charge in [-0.2, -0.15) is 0 Å². The molecule has 1 aliphatic rings. The van der Waals surface area contributed by atoms with Crippen LogP contribution in [0.25, 0.3) is 0 Å². The molecule has 2 N–H and O–H groups in total. The van der Waals surface area contributed by atoms with Crippen molar-refractivity contribution in [3.05, 3.63) is 0 Å². The zero-order valence-electron chi connectivity index (χ0n) is 9.40. The zero-order chi connectivity index (χ0) is 9.94. The number of nitrogens with zero attached hydrogens (tertiary/aromatic N) is 1. The Morgan fingerprint density at radius 3 is 1.85 bits per heavy atom. The second-order valence-electron chi connectivity index (χ2n) is 3.14. The summed E-state index contributed by atoms with van der Waals surface area (Å²) in [7, 11) is 0. The van der Waals surface area contributed by atoms with Gasteiger partial charge in [-0.3, -0.25) is 0 Å². The Bertz CT molecular complexity index is 88.2. The maximum Gasteiger partial charge on any atom is 0.0107 e. The van der Waals surface area contributed by atoms with E-state index in [-0.39, 0.29) is 0 Å². The van der Waals surface area contributed by atoms with Crippen molar-refractivity contribution in [2.75, 3.05) is 45.8 Å². The van der Waals surface area contributed by atoms with Crippen LogP contribution in [-0.2, 0) is 0 Å². The number of hydrogen-bond acceptors (Lipinski definition) is 3. The number of rotatable bonds is 3. The topological polar surface area (TPSA) is 27.3 Å². The Hall–Kier alpha value is -0.120. The largest absolute Gasteiger partial charge is 0.317 e. The predicted molar refractivity (Wildman–Crippen MR) is 59.2 cm³/mol. The van der Waals surface area contributed by atoms with E-state index in [1.54, 1.807) is 0 Å². The first kappa shape index (κ1) is 12.9. The molecule has 0 aliphatic carbocycles. The molecule has 0 aromatic carbocycles. The van der Waals surface area contributed by atoms with E-state index in [0.29, 0.717) is 0 Å². The molecule has 0 aromatic heterocycles. The van der Waals surface area contributed by atoms with E-state index in [0.717, 1.165) is 13.1 Å². The molecule has 0 spiro atoms. The third-order valence-corrected chi connectivity index (χ3v) is 2.16. The molecular formula is C10H25N3. The van der Waals surface area contributed by atoms with E-state index >= 15 is 0 Å². The van der Waals surface area contributed by atoms with Gasteiger partial charge >= 0.3 is 0 Å². The summed E-state index contributed by atoms with van der Waals surface area (Å²) < 4.78 is 0. The van der Waals surface area contributed by atoms with Gasteiger partial charge in [0, 0.05) is 26.2 Å². The van der Waals surface area contributed by atoms with E-state index in [1.165, 1.54) is 32.7 Å². The lowest BCUT2D eigenvalue weighted by Crippen LogP contribution is -2.43. The molecule has 0 unspecified atom stereocenters. The molecular weight excluding hydrogens is 162 g/mol. The van der Waals surface area contributed by atoms with Crippen molar-refractivity contribution in [1.29, 1.82) is 0 Å². The minimum atomic E-state index is 1.09. The first-order chi connectivity index (χ1) is 6.35. The van der Waals surface area contributed by atoms with Crippen LogP contribution in [0.5, 0.6) is 0 Å². The van der Waals surface area contributed by atoms with Crippen molar-refractivity contribution >= 4 is 0 Å². The molecule has 3 heteroatoms. The van der Waals surface area contributed by atoms with Crippen LogP contribution in [0.1, 0.15) is 20.8 Å². The van der Waals surface area contributed by atoms with E-state index in [1.807, 2.05) is 0 Å². The standard InChI is InChI=1S/C6H14N2.C4H11N/c1-2-8-5-3-7-4-6-8;1-3-5-4-2/h7H,2-6H2,1H3;5H,3-4H2,1-2H3. The molecule has 80 valence electrons. The van der Waals surface area contributed by atoms with Crippen LogP contribution < -0.4 is 10.6 Å². The molecule has 13 heavy (non-hydrogen) atoms. The molecule has 0 atom stereocenters. The average Bonchev–Trinajstić information content (AvgIpc) is 2.21. The molecule has 0 aromatic rings. The molecule has 1 rings (SSSR count). The minimum Gasteiger partial charge on any atom is -0.317 e. The summed E-state index contributed by atoms with van der Waals surface area (Å²) in [4.78, 5) is 2.45. The van der Waals surface area contributed by atoms with Gasteiger partial charge in [0.05, 0.1) is 0 Å². The minimum absolute atomic E-state index is 1.09. The summed E-state index contributed by atoms with van der Waals surface area (Å²) in [5.41, 5.74) is 0. The fourth-order valence-corrected chi connectivity index (χ4v) is 1.28. The highest BCUT2D eigenvalue weighted by Gasteiger charge is 2.04. The second-order valence-corrected chi connectivity index (χ2v) is 3.14. The van der Waals surface area contributed by atoms with Crippen LogP contribution in [0.3, 0.4) is 0 Å². The Kier molecular flexibility index (Phi) is 9.87. The number of piperazine rings is 1. The van der Waals surface area contributed by atoms with Crippen LogP contribution in [0.2, 0.25) is 0 Å². The van der Waals surface area contributed by atoms with Crippen molar-refractivity contribution in [3.8, 4) is 0 Å². The summed E-state index contributed by atoms with van der Waals surface area (Å²) in [5.74, 6) is 0. The van der Waals surface area contributed by atoms with Crippen molar-refractivity contribution in [1.82, 2.24) is 15.5 Å². The van der Waals surface area contributed by atoms with Gasteiger partial charge in [-0.1, -0.05) is 20.8 Å². The fraction of sp³-hybridized carbons (Fsp3) is 1.00. The molecule has 0 radical (unpaired) electrons. The van der Waals surface area contributed by atoms with Crippen LogP contribution in [-0.4, -0.2) is 50.7 Å². The highest BCUT2D eigenvalue weighted by atomic mass is 15.2. The van der Waals surface area contributed by atoms with Crippen molar-refractivity contribution in [2.24, 2.45) is 0 Å². The van der Waals surface area contributed by atoms with Gasteiger partial charge in [0.2, 0.25) is 0 Å². The monoisotopic (exact) mass is 187 g/mol. The van der Waals surface area contributed by atoms with Crippen LogP contribution in [0, 0.1) is 0 Å². The fourth-order valence-electron chi connectivity index (χ4n) is 1.28. The molecule has 0 amide bonds. The van der Waals surface area contributed by atoms with E-state index < -0.39 is 0 Å². The summed E-state index contributed by atoms with van der Waals surface area (Å²) in [5, 5.41) is 6.42. The smallest absolute Gasteiger partial charge is 0.0107 e. The normalized spacial score (nSPS) is 17.8. The van der Waals surface area contributed by atoms with Gasteiger partial charge in [-0.25, -0.2) is 0 Å². The highest BCUT2D eigenvalue weighted by molar-refractivity contribution is 4.64. The SMILES string of the molecule is CCN1CCNCC1.CCNCC. The van der Waals surface area contributed by atoms with E-state index in [2.05, 4.69) is 36.3 Å². The summed E-state index contributed by atoms with van der Waals surface area (Å²) >= 11 is 0. The molecule has 1 saturated heterocycles. The molecule has 1 aliphatic heterocycles. The first-order valence-electron chi connectivity index (χ1n) is 5.48. The van der Waals surface area contributed by atoms with Crippen LogP contribution in [0.15, 0.2) is 0 Å². The Labute approximate surface area is 82.9 Å². The summed E-state index contributed by atoms with van der Waals surface area (Å²) in [6, 6.07) is 0. The Morgan fingerprint density at radius 2 is 1.62 bits per heavy atom. The molecule has 0 bridgehead atoms. The van der Waals surface area contributed by atoms with Crippen molar-refractivity contribution < 1.29 is 0 Å². The zero-order valence-corrected chi connectivity index (χ0v) is 9.40. The lowest BCUT2D eigenvalue weighted by molar-refractivity contribution is 0.253. The second kappa shape index (κ2) is 9.96. The molecule has 1 fully saturated rings. The van der Waals surface area contributed by atoms with Crippen LogP contribution >= 0.6 is 0 Å². The summed E-state index contributed by atoms with van der Waals surface area (Å²) in [6.45, 7) is 14.6. The Balaban J connectivity index is 0.000000252. The van der Waals surface area contributed by atoms with Gasteiger partial charge in [-0.15, -0.1) is 0 Å². The quantitative estimate of drug-likeness (QED) is 0.675. The van der Waals surface area contributed by atoms with Gasteiger partial charge in [0.25, 0.3) is 0 Å². The van der Waals surface area contributed by atoms with Crippen LogP contribution in [0.4, 0.5) is 0 Å². The predicted octanol–water partition coefficient (Wildman–Crippen LogP) is 0.527. The van der Waals surface area contributed by atoms with E-state index in [4.69, 9.17) is 0 Å². The number of likely N-dealkylation sites (N-methyl/N-ethyl adjacent to an activating group) is 1. The van der Waals surface area contributed by atoms with Gasteiger partial charge in [0.1, 0.15) is 0 Å². The molecule has 0 saturated carbocycles. The number of hydrogen-bond donors (Lipinski definition) is 2. The molecule has 3 nitrogen and oxygen atoms in total. The third-order valence-electron chi connectivity index (χ3n) is 2.16. The maximum atomic E-state index is 3.31. The maximum absolute atomic E-state index is 3.31. The van der Waals surface area contributed by atoms with Gasteiger partial charge in [-0.05, 0) is 19.6 Å². The third kappa shape index (κ3) is 8.22. The van der Waals surface area contributed by atoms with Gasteiger partial charge < -0.3 is 15.5 Å². The lowest BCUT2D eigenvalue weighted by Gasteiger charge is -2.25.